The molecule has 0 aromatic heterocycles. The molecule has 104 valence electrons. The van der Waals surface area contributed by atoms with E-state index in [0.717, 1.165) is 9.80 Å². The average molecular weight is 276 g/mol. The lowest BCUT2D eigenvalue weighted by atomic mass is 10.1. The van der Waals surface area contributed by atoms with Crippen LogP contribution in [0, 0.1) is 0 Å². The molecule has 1 saturated heterocycles. The molecule has 1 aliphatic rings. The summed E-state index contributed by atoms with van der Waals surface area (Å²) in [6.45, 7) is -0.0187. The summed E-state index contributed by atoms with van der Waals surface area (Å²) in [5.41, 5.74) is 0.992. The number of rotatable bonds is 3. The van der Waals surface area contributed by atoms with Crippen LogP contribution in [0.3, 0.4) is 0 Å². The molecular weight excluding hydrogens is 264 g/mol. The standard InChI is InChI=1S/C13H12N2O5/c1-14-10(16)11(17)15(13(14)19)7-8-3-5-9(6-4-8)12(18)20-2/h3-6H,7H2,1-2H3. The number of ether oxygens (including phenoxy) is 1. The van der Waals surface area contributed by atoms with Crippen molar-refractivity contribution in [1.29, 1.82) is 0 Å². The predicted octanol–water partition coefficient (Wildman–Crippen LogP) is 0.394. The number of amides is 4. The quantitative estimate of drug-likeness (QED) is 0.453. The molecule has 0 atom stereocenters. The molecule has 1 aromatic carbocycles. The van der Waals surface area contributed by atoms with Gasteiger partial charge in [-0.15, -0.1) is 0 Å². The lowest BCUT2D eigenvalue weighted by Gasteiger charge is -2.12. The highest BCUT2D eigenvalue weighted by atomic mass is 16.5. The fourth-order valence-corrected chi connectivity index (χ4v) is 1.80. The molecule has 0 bridgehead atoms. The van der Waals surface area contributed by atoms with E-state index in [1.54, 1.807) is 12.1 Å². The second kappa shape index (κ2) is 5.12. The van der Waals surface area contributed by atoms with Crippen LogP contribution in [0.15, 0.2) is 24.3 Å². The number of carbonyl (C=O) groups excluding carboxylic acids is 4. The van der Waals surface area contributed by atoms with Crippen LogP contribution in [0.1, 0.15) is 15.9 Å². The zero-order valence-electron chi connectivity index (χ0n) is 11.0. The molecule has 0 unspecified atom stereocenters. The normalized spacial score (nSPS) is 15.0. The smallest absolute Gasteiger partial charge is 0.337 e. The van der Waals surface area contributed by atoms with Gasteiger partial charge in [0.25, 0.3) is 0 Å². The van der Waals surface area contributed by atoms with Crippen LogP contribution in [0.4, 0.5) is 4.79 Å². The van der Waals surface area contributed by atoms with Crippen molar-refractivity contribution in [3.8, 4) is 0 Å². The Hall–Kier alpha value is -2.70. The van der Waals surface area contributed by atoms with Gasteiger partial charge in [0.05, 0.1) is 19.2 Å². The van der Waals surface area contributed by atoms with Gasteiger partial charge in [-0.2, -0.15) is 0 Å². The number of nitrogens with zero attached hydrogens (tertiary/aromatic N) is 2. The van der Waals surface area contributed by atoms with E-state index < -0.39 is 23.8 Å². The minimum Gasteiger partial charge on any atom is -0.465 e. The van der Waals surface area contributed by atoms with Crippen LogP contribution in [0.25, 0.3) is 0 Å². The second-order valence-corrected chi connectivity index (χ2v) is 4.23. The molecule has 0 spiro atoms. The average Bonchev–Trinajstić information content (AvgIpc) is 2.65. The summed E-state index contributed by atoms with van der Waals surface area (Å²) in [6.07, 6.45) is 0. The van der Waals surface area contributed by atoms with Crippen molar-refractivity contribution in [2.45, 2.75) is 6.54 Å². The van der Waals surface area contributed by atoms with Crippen molar-refractivity contribution in [3.05, 3.63) is 35.4 Å². The maximum atomic E-state index is 11.7. The molecule has 1 aromatic rings. The van der Waals surface area contributed by atoms with Crippen molar-refractivity contribution in [1.82, 2.24) is 9.80 Å². The molecular formula is C13H12N2O5. The number of likely N-dealkylation sites (N-methyl/N-ethyl adjacent to an activating group) is 1. The third kappa shape index (κ3) is 2.25. The third-order valence-corrected chi connectivity index (χ3v) is 2.97. The molecule has 0 aliphatic carbocycles. The van der Waals surface area contributed by atoms with Crippen LogP contribution in [0.2, 0.25) is 0 Å². The van der Waals surface area contributed by atoms with E-state index in [2.05, 4.69) is 4.74 Å². The Morgan fingerprint density at radius 3 is 2.15 bits per heavy atom. The summed E-state index contributed by atoms with van der Waals surface area (Å²) in [6, 6.07) is 5.58. The van der Waals surface area contributed by atoms with E-state index in [9.17, 15) is 19.2 Å². The summed E-state index contributed by atoms with van der Waals surface area (Å²) < 4.78 is 4.56. The minimum atomic E-state index is -0.852. The fourth-order valence-electron chi connectivity index (χ4n) is 1.80. The van der Waals surface area contributed by atoms with E-state index in [4.69, 9.17) is 0 Å². The first-order valence-electron chi connectivity index (χ1n) is 5.76. The lowest BCUT2D eigenvalue weighted by Crippen LogP contribution is -2.31. The highest BCUT2D eigenvalue weighted by Crippen LogP contribution is 2.15. The van der Waals surface area contributed by atoms with Crippen molar-refractivity contribution in [2.75, 3.05) is 14.2 Å². The fraction of sp³-hybridized carbons (Fsp3) is 0.231. The van der Waals surface area contributed by atoms with Gasteiger partial charge in [0.15, 0.2) is 0 Å². The van der Waals surface area contributed by atoms with Crippen LogP contribution < -0.4 is 0 Å². The topological polar surface area (TPSA) is 84.0 Å². The Morgan fingerprint density at radius 1 is 1.10 bits per heavy atom. The Balaban J connectivity index is 2.15. The minimum absolute atomic E-state index is 0.0187. The molecule has 7 heteroatoms. The molecule has 0 N–H and O–H groups in total. The van der Waals surface area contributed by atoms with Crippen LogP contribution in [-0.4, -0.2) is 47.8 Å². The van der Waals surface area contributed by atoms with E-state index in [1.165, 1.54) is 26.3 Å². The van der Waals surface area contributed by atoms with Crippen molar-refractivity contribution in [3.63, 3.8) is 0 Å². The largest absolute Gasteiger partial charge is 0.465 e. The van der Waals surface area contributed by atoms with E-state index in [1.807, 2.05) is 0 Å². The van der Waals surface area contributed by atoms with Crippen LogP contribution in [-0.2, 0) is 20.9 Å². The van der Waals surface area contributed by atoms with Gasteiger partial charge in [0, 0.05) is 7.05 Å². The Labute approximate surface area is 114 Å². The number of hydrogen-bond acceptors (Lipinski definition) is 5. The first kappa shape index (κ1) is 13.7. The SMILES string of the molecule is COC(=O)c1ccc(CN2C(=O)C(=O)N(C)C2=O)cc1. The van der Waals surface area contributed by atoms with Gasteiger partial charge < -0.3 is 4.74 Å². The van der Waals surface area contributed by atoms with E-state index >= 15 is 0 Å². The highest BCUT2D eigenvalue weighted by Gasteiger charge is 2.41. The number of carbonyl (C=O) groups is 4. The summed E-state index contributed by atoms with van der Waals surface area (Å²) in [5.74, 6) is -2.17. The molecule has 0 saturated carbocycles. The molecule has 7 nitrogen and oxygen atoms in total. The predicted molar refractivity (Wildman–Crippen MR) is 66.5 cm³/mol. The Morgan fingerprint density at radius 2 is 1.70 bits per heavy atom. The molecule has 0 radical (unpaired) electrons. The summed E-state index contributed by atoms with van der Waals surface area (Å²) in [7, 11) is 2.53. The van der Waals surface area contributed by atoms with Crippen molar-refractivity contribution < 1.29 is 23.9 Å². The molecule has 4 amide bonds. The summed E-state index contributed by atoms with van der Waals surface area (Å²) in [5, 5.41) is 0. The molecule has 20 heavy (non-hydrogen) atoms. The van der Waals surface area contributed by atoms with E-state index in [0.29, 0.717) is 11.1 Å². The van der Waals surface area contributed by atoms with E-state index in [-0.39, 0.29) is 6.54 Å². The van der Waals surface area contributed by atoms with Crippen LogP contribution >= 0.6 is 0 Å². The highest BCUT2D eigenvalue weighted by molar-refractivity contribution is 6.44. The van der Waals surface area contributed by atoms with Gasteiger partial charge >= 0.3 is 23.8 Å². The second-order valence-electron chi connectivity index (χ2n) is 4.23. The van der Waals surface area contributed by atoms with Gasteiger partial charge in [-0.1, -0.05) is 12.1 Å². The first-order chi connectivity index (χ1) is 9.45. The number of esters is 1. The molecule has 1 fully saturated rings. The van der Waals surface area contributed by atoms with Crippen molar-refractivity contribution in [2.24, 2.45) is 0 Å². The van der Waals surface area contributed by atoms with Gasteiger partial charge in [0.2, 0.25) is 0 Å². The zero-order chi connectivity index (χ0) is 14.9. The lowest BCUT2D eigenvalue weighted by molar-refractivity contribution is -0.143. The molecule has 1 heterocycles. The summed E-state index contributed by atoms with van der Waals surface area (Å²) in [4.78, 5) is 47.5. The number of urea groups is 1. The number of methoxy groups -OCH3 is 1. The van der Waals surface area contributed by atoms with Gasteiger partial charge in [-0.3, -0.25) is 19.4 Å². The third-order valence-electron chi connectivity index (χ3n) is 2.97. The van der Waals surface area contributed by atoms with Crippen molar-refractivity contribution >= 4 is 23.8 Å². The summed E-state index contributed by atoms with van der Waals surface area (Å²) >= 11 is 0. The van der Waals surface area contributed by atoms with Gasteiger partial charge in [-0.05, 0) is 17.7 Å². The Bertz CT molecular complexity index is 593. The number of benzene rings is 1. The Kier molecular flexibility index (Phi) is 3.51. The first-order valence-corrected chi connectivity index (χ1v) is 5.76. The zero-order valence-corrected chi connectivity index (χ0v) is 11.0. The molecule has 2 rings (SSSR count). The van der Waals surface area contributed by atoms with Gasteiger partial charge in [0.1, 0.15) is 0 Å². The maximum absolute atomic E-state index is 11.7. The molecule has 1 aliphatic heterocycles. The van der Waals surface area contributed by atoms with Crippen LogP contribution in [0.5, 0.6) is 0 Å². The number of hydrogen-bond donors (Lipinski definition) is 0. The monoisotopic (exact) mass is 276 g/mol. The number of imide groups is 2. The van der Waals surface area contributed by atoms with Gasteiger partial charge in [-0.25, -0.2) is 9.59 Å². The maximum Gasteiger partial charge on any atom is 0.337 e.